The SMILES string of the molecule is CCNc1ccc(C#N)cc1N=C1SC(=C2Sc3cc(OCCOC)ccc3N2C)C(=O)N1Cc1ccccc1. The maximum Gasteiger partial charge on any atom is 0.269 e. The molecule has 0 aliphatic carbocycles. The molecule has 1 N–H and O–H groups in total. The normalized spacial score (nSPS) is 17.4. The number of nitrogens with one attached hydrogen (secondary N) is 1. The van der Waals surface area contributed by atoms with Crippen molar-refractivity contribution in [2.75, 3.05) is 44.1 Å². The fourth-order valence-electron chi connectivity index (χ4n) is 4.33. The van der Waals surface area contributed by atoms with E-state index in [4.69, 9.17) is 14.5 Å². The number of nitriles is 1. The van der Waals surface area contributed by atoms with E-state index in [9.17, 15) is 10.1 Å². The van der Waals surface area contributed by atoms with Gasteiger partial charge in [-0.1, -0.05) is 42.1 Å². The first-order chi connectivity index (χ1) is 19.5. The van der Waals surface area contributed by atoms with E-state index < -0.39 is 0 Å². The molecule has 0 bridgehead atoms. The van der Waals surface area contributed by atoms with Crippen LogP contribution in [0.25, 0.3) is 0 Å². The summed E-state index contributed by atoms with van der Waals surface area (Å²) in [6, 6.07) is 23.4. The third-order valence-corrected chi connectivity index (χ3v) is 8.73. The number of carbonyl (C=O) groups is 1. The highest BCUT2D eigenvalue weighted by Crippen LogP contribution is 2.51. The van der Waals surface area contributed by atoms with Crippen molar-refractivity contribution in [1.82, 2.24) is 4.90 Å². The van der Waals surface area contributed by atoms with Gasteiger partial charge in [0.2, 0.25) is 0 Å². The molecule has 40 heavy (non-hydrogen) atoms. The van der Waals surface area contributed by atoms with Gasteiger partial charge in [0.1, 0.15) is 17.3 Å². The van der Waals surface area contributed by atoms with Gasteiger partial charge >= 0.3 is 0 Å². The van der Waals surface area contributed by atoms with Gasteiger partial charge in [0.25, 0.3) is 5.91 Å². The van der Waals surface area contributed by atoms with E-state index in [2.05, 4.69) is 11.4 Å². The standard InChI is InChI=1S/C30H29N5O3S2/c1-4-32-23-12-10-21(18-31)16-24(23)33-30-35(19-20-8-6-5-7-9-20)28(36)27(40-30)29-34(2)25-13-11-22(17-26(25)39-29)38-15-14-37-3/h5-13,16-17,32H,4,14-15,19H2,1-3H3. The molecule has 10 heteroatoms. The lowest BCUT2D eigenvalue weighted by atomic mass is 10.2. The van der Waals surface area contributed by atoms with E-state index in [1.165, 1.54) is 11.8 Å². The summed E-state index contributed by atoms with van der Waals surface area (Å²) in [6.07, 6.45) is 0. The average molecular weight is 572 g/mol. The Bertz CT molecular complexity index is 1520. The highest BCUT2D eigenvalue weighted by molar-refractivity contribution is 8.19. The van der Waals surface area contributed by atoms with Crippen molar-refractivity contribution in [3.63, 3.8) is 0 Å². The molecule has 0 radical (unpaired) electrons. The van der Waals surface area contributed by atoms with Crippen molar-refractivity contribution in [3.05, 3.63) is 87.8 Å². The summed E-state index contributed by atoms with van der Waals surface area (Å²) in [5.41, 5.74) is 3.95. The summed E-state index contributed by atoms with van der Waals surface area (Å²) in [5, 5.41) is 14.2. The molecule has 5 rings (SSSR count). The molecule has 3 aromatic carbocycles. The summed E-state index contributed by atoms with van der Waals surface area (Å²) in [6.45, 7) is 4.07. The van der Waals surface area contributed by atoms with Crippen LogP contribution >= 0.6 is 23.5 Å². The van der Waals surface area contributed by atoms with Crippen molar-refractivity contribution >= 4 is 51.7 Å². The van der Waals surface area contributed by atoms with Crippen LogP contribution in [-0.2, 0) is 16.1 Å². The van der Waals surface area contributed by atoms with Gasteiger partial charge in [0.15, 0.2) is 5.17 Å². The predicted octanol–water partition coefficient (Wildman–Crippen LogP) is 6.19. The van der Waals surface area contributed by atoms with Gasteiger partial charge in [0, 0.05) is 25.6 Å². The average Bonchev–Trinajstić information content (AvgIpc) is 3.45. The third kappa shape index (κ3) is 5.82. The molecule has 2 aliphatic heterocycles. The number of benzene rings is 3. The monoisotopic (exact) mass is 571 g/mol. The molecule has 3 aromatic rings. The van der Waals surface area contributed by atoms with Gasteiger partial charge < -0.3 is 19.7 Å². The second-order valence-corrected chi connectivity index (χ2v) is 11.0. The Labute approximate surface area is 242 Å². The zero-order chi connectivity index (χ0) is 28.1. The van der Waals surface area contributed by atoms with Crippen LogP contribution in [0.15, 0.2) is 86.6 Å². The van der Waals surface area contributed by atoms with E-state index in [0.29, 0.717) is 47.6 Å². The summed E-state index contributed by atoms with van der Waals surface area (Å²) in [4.78, 5) is 24.3. The lowest BCUT2D eigenvalue weighted by Gasteiger charge is -2.17. The van der Waals surface area contributed by atoms with E-state index in [1.807, 2.05) is 73.5 Å². The number of methoxy groups -OCH3 is 1. The topological polar surface area (TPSA) is 90.2 Å². The van der Waals surface area contributed by atoms with Gasteiger partial charge in [-0.15, -0.1) is 0 Å². The molecule has 1 amide bonds. The number of anilines is 2. The number of fused-ring (bicyclic) bond motifs is 1. The zero-order valence-electron chi connectivity index (χ0n) is 22.5. The fraction of sp³-hybridized carbons (Fsp3) is 0.233. The molecule has 0 aromatic heterocycles. The minimum atomic E-state index is -0.104. The van der Waals surface area contributed by atoms with Gasteiger partial charge in [-0.05, 0) is 60.6 Å². The molecule has 0 spiro atoms. The number of rotatable bonds is 9. The third-order valence-electron chi connectivity index (χ3n) is 6.31. The lowest BCUT2D eigenvalue weighted by molar-refractivity contribution is -0.122. The Kier molecular flexibility index (Phi) is 8.65. The van der Waals surface area contributed by atoms with Gasteiger partial charge in [-0.25, -0.2) is 4.99 Å². The van der Waals surface area contributed by atoms with E-state index in [1.54, 1.807) is 35.9 Å². The van der Waals surface area contributed by atoms with Crippen LogP contribution in [0.3, 0.4) is 0 Å². The molecule has 2 heterocycles. The number of amides is 1. The number of amidine groups is 1. The molecule has 0 unspecified atom stereocenters. The first-order valence-electron chi connectivity index (χ1n) is 12.8. The molecule has 8 nitrogen and oxygen atoms in total. The van der Waals surface area contributed by atoms with Crippen molar-refractivity contribution in [3.8, 4) is 11.8 Å². The Hall–Kier alpha value is -3.91. The van der Waals surface area contributed by atoms with Crippen LogP contribution in [0, 0.1) is 11.3 Å². The Balaban J connectivity index is 1.53. The molecule has 2 aliphatic rings. The van der Waals surface area contributed by atoms with Crippen LogP contribution in [0.5, 0.6) is 5.75 Å². The van der Waals surface area contributed by atoms with Crippen molar-refractivity contribution in [2.24, 2.45) is 4.99 Å². The first-order valence-corrected chi connectivity index (χ1v) is 14.5. The Morgan fingerprint density at radius 2 is 1.88 bits per heavy atom. The maximum absolute atomic E-state index is 14.0. The number of nitrogens with zero attached hydrogens (tertiary/aromatic N) is 4. The molecule has 204 valence electrons. The molecule has 0 saturated carbocycles. The van der Waals surface area contributed by atoms with Crippen molar-refractivity contribution < 1.29 is 14.3 Å². The molecule has 1 saturated heterocycles. The number of ether oxygens (including phenoxy) is 2. The molecule has 0 atom stereocenters. The zero-order valence-corrected chi connectivity index (χ0v) is 24.1. The minimum absolute atomic E-state index is 0.104. The molecule has 1 fully saturated rings. The molecular weight excluding hydrogens is 542 g/mol. The smallest absolute Gasteiger partial charge is 0.269 e. The van der Waals surface area contributed by atoms with Crippen LogP contribution in [0.2, 0.25) is 0 Å². The highest BCUT2D eigenvalue weighted by Gasteiger charge is 2.39. The quantitative estimate of drug-likeness (QED) is 0.240. The fourth-order valence-corrected chi connectivity index (χ4v) is 6.69. The van der Waals surface area contributed by atoms with E-state index in [0.717, 1.165) is 32.6 Å². The Morgan fingerprint density at radius 3 is 2.62 bits per heavy atom. The summed E-state index contributed by atoms with van der Waals surface area (Å²) in [7, 11) is 3.61. The summed E-state index contributed by atoms with van der Waals surface area (Å²) < 4.78 is 10.9. The van der Waals surface area contributed by atoms with Gasteiger partial charge in [-0.3, -0.25) is 9.69 Å². The number of hydrogen-bond acceptors (Lipinski definition) is 9. The molecular formula is C30H29N5O3S2. The summed E-state index contributed by atoms with van der Waals surface area (Å²) >= 11 is 2.91. The van der Waals surface area contributed by atoms with Crippen molar-refractivity contribution in [2.45, 2.75) is 18.4 Å². The second kappa shape index (κ2) is 12.5. The number of carbonyl (C=O) groups excluding carboxylic acids is 1. The second-order valence-electron chi connectivity index (χ2n) is 9.01. The largest absolute Gasteiger partial charge is 0.491 e. The summed E-state index contributed by atoms with van der Waals surface area (Å²) in [5.74, 6) is 0.655. The van der Waals surface area contributed by atoms with Crippen molar-refractivity contribution in [1.29, 1.82) is 5.26 Å². The predicted molar refractivity (Wildman–Crippen MR) is 162 cm³/mol. The lowest BCUT2D eigenvalue weighted by Crippen LogP contribution is -2.29. The van der Waals surface area contributed by atoms with Crippen LogP contribution in [0.4, 0.5) is 17.1 Å². The maximum atomic E-state index is 14.0. The van der Waals surface area contributed by atoms with E-state index in [-0.39, 0.29) is 5.91 Å². The van der Waals surface area contributed by atoms with Crippen LogP contribution < -0.4 is 15.0 Å². The van der Waals surface area contributed by atoms with E-state index >= 15 is 0 Å². The first kappa shape index (κ1) is 27.6. The van der Waals surface area contributed by atoms with Gasteiger partial charge in [-0.2, -0.15) is 5.26 Å². The van der Waals surface area contributed by atoms with Crippen LogP contribution in [0.1, 0.15) is 18.1 Å². The number of thioether (sulfide) groups is 2. The van der Waals surface area contributed by atoms with Gasteiger partial charge in [0.05, 0.1) is 46.9 Å². The minimum Gasteiger partial charge on any atom is -0.491 e. The number of hydrogen-bond donors (Lipinski definition) is 1. The van der Waals surface area contributed by atoms with Crippen LogP contribution in [-0.4, -0.2) is 49.9 Å². The number of aliphatic imine (C=N–C) groups is 1. The Morgan fingerprint density at radius 1 is 1.05 bits per heavy atom. The highest BCUT2D eigenvalue weighted by atomic mass is 32.2.